The molecule has 0 aromatic heterocycles. The summed E-state index contributed by atoms with van der Waals surface area (Å²) in [6.45, 7) is 5.48. The monoisotopic (exact) mass is 332 g/mol. The molecule has 23 heavy (non-hydrogen) atoms. The molecule has 0 unspecified atom stereocenters. The van der Waals surface area contributed by atoms with Crippen LogP contribution in [0, 0.1) is 5.82 Å². The first-order chi connectivity index (χ1) is 10.9. The van der Waals surface area contributed by atoms with Gasteiger partial charge in [0, 0.05) is 32.2 Å². The largest absolute Gasteiger partial charge is 0.419 e. The highest BCUT2D eigenvalue weighted by Gasteiger charge is 2.34. The van der Waals surface area contributed by atoms with Crippen LogP contribution < -0.4 is 5.32 Å². The van der Waals surface area contributed by atoms with E-state index in [9.17, 15) is 17.6 Å². The second-order valence-electron chi connectivity index (χ2n) is 6.03. The highest BCUT2D eigenvalue weighted by atomic mass is 19.4. The zero-order valence-electron chi connectivity index (χ0n) is 13.4. The van der Waals surface area contributed by atoms with E-state index in [0.717, 1.165) is 64.0 Å². The molecule has 1 atom stereocenters. The number of nitrogens with zero attached hydrogens (tertiary/aromatic N) is 1. The lowest BCUT2D eigenvalue weighted by Gasteiger charge is -2.35. The molecule has 1 aliphatic rings. The van der Waals surface area contributed by atoms with Crippen LogP contribution in [0.25, 0.3) is 0 Å². The maximum absolute atomic E-state index is 13.9. The number of rotatable bonds is 6. The highest BCUT2D eigenvalue weighted by molar-refractivity contribution is 5.28. The average molecular weight is 332 g/mol. The van der Waals surface area contributed by atoms with Crippen LogP contribution >= 0.6 is 0 Å². The summed E-state index contributed by atoms with van der Waals surface area (Å²) in [5.41, 5.74) is -0.539. The predicted molar refractivity (Wildman–Crippen MR) is 82.7 cm³/mol. The summed E-state index contributed by atoms with van der Waals surface area (Å²) in [4.78, 5) is 2.24. The van der Waals surface area contributed by atoms with Gasteiger partial charge in [0.25, 0.3) is 0 Å². The normalized spacial score (nSPS) is 18.1. The van der Waals surface area contributed by atoms with Gasteiger partial charge in [-0.25, -0.2) is 4.39 Å². The molecule has 1 aliphatic heterocycles. The molecule has 0 aliphatic carbocycles. The Morgan fingerprint density at radius 3 is 2.43 bits per heavy atom. The molecule has 130 valence electrons. The van der Waals surface area contributed by atoms with Crippen molar-refractivity contribution in [3.8, 4) is 0 Å². The van der Waals surface area contributed by atoms with Gasteiger partial charge in [0.05, 0.1) is 5.56 Å². The van der Waals surface area contributed by atoms with Crippen LogP contribution in [-0.4, -0.2) is 31.1 Å². The van der Waals surface area contributed by atoms with Crippen LogP contribution in [0.5, 0.6) is 0 Å². The van der Waals surface area contributed by atoms with E-state index in [1.165, 1.54) is 6.07 Å². The van der Waals surface area contributed by atoms with Crippen LogP contribution in [0.1, 0.15) is 49.8 Å². The topological polar surface area (TPSA) is 15.3 Å². The summed E-state index contributed by atoms with van der Waals surface area (Å²) >= 11 is 0. The van der Waals surface area contributed by atoms with Crippen LogP contribution in [0.4, 0.5) is 17.6 Å². The van der Waals surface area contributed by atoms with Crippen molar-refractivity contribution in [1.82, 2.24) is 10.2 Å². The molecule has 0 bridgehead atoms. The summed E-state index contributed by atoms with van der Waals surface area (Å²) in [6.07, 6.45) is -0.650. The number of halogens is 4. The number of benzene rings is 1. The molecule has 1 aromatic rings. The molecule has 0 radical (unpaired) electrons. The Morgan fingerprint density at radius 2 is 1.87 bits per heavy atom. The van der Waals surface area contributed by atoms with Crippen molar-refractivity contribution in [3.05, 3.63) is 35.1 Å². The third-order valence-electron chi connectivity index (χ3n) is 4.36. The van der Waals surface area contributed by atoms with Gasteiger partial charge in [-0.3, -0.25) is 4.90 Å². The molecule has 2 rings (SSSR count). The predicted octanol–water partition coefficient (Wildman–Crippen LogP) is 4.37. The molecular formula is C17H24F4N2. The van der Waals surface area contributed by atoms with Crippen molar-refractivity contribution >= 4 is 0 Å². The minimum absolute atomic E-state index is 0.0135. The molecule has 0 saturated carbocycles. The van der Waals surface area contributed by atoms with Gasteiger partial charge in [-0.2, -0.15) is 13.2 Å². The fraction of sp³-hybridized carbons (Fsp3) is 0.647. The Morgan fingerprint density at radius 1 is 1.17 bits per heavy atom. The second kappa shape index (κ2) is 8.11. The summed E-state index contributed by atoms with van der Waals surface area (Å²) in [7, 11) is 0. The number of alkyl halides is 3. The van der Waals surface area contributed by atoms with Crippen molar-refractivity contribution in [2.24, 2.45) is 0 Å². The lowest BCUT2D eigenvalue weighted by atomic mass is 9.96. The van der Waals surface area contributed by atoms with Crippen LogP contribution in [0.3, 0.4) is 0 Å². The Kier molecular flexibility index (Phi) is 6.41. The molecule has 1 fully saturated rings. The van der Waals surface area contributed by atoms with Crippen LogP contribution in [-0.2, 0) is 6.18 Å². The average Bonchev–Trinajstić information content (AvgIpc) is 2.51. The summed E-state index contributed by atoms with van der Waals surface area (Å²) < 4.78 is 52.1. The van der Waals surface area contributed by atoms with E-state index in [4.69, 9.17) is 0 Å². The van der Waals surface area contributed by atoms with Crippen LogP contribution in [0.15, 0.2) is 18.2 Å². The first-order valence-electron chi connectivity index (χ1n) is 8.25. The number of piperazine rings is 1. The summed E-state index contributed by atoms with van der Waals surface area (Å²) in [5.74, 6) is -1.18. The highest BCUT2D eigenvalue weighted by Crippen LogP contribution is 2.34. The van der Waals surface area contributed by atoms with Gasteiger partial charge in [0.1, 0.15) is 5.82 Å². The van der Waals surface area contributed by atoms with Gasteiger partial charge in [-0.15, -0.1) is 0 Å². The molecule has 2 nitrogen and oxygen atoms in total. The van der Waals surface area contributed by atoms with E-state index < -0.39 is 17.6 Å². The van der Waals surface area contributed by atoms with Crippen LogP contribution in [0.2, 0.25) is 0 Å². The molecule has 1 aromatic carbocycles. The quantitative estimate of drug-likeness (QED) is 0.615. The van der Waals surface area contributed by atoms with Crippen molar-refractivity contribution < 1.29 is 17.6 Å². The fourth-order valence-corrected chi connectivity index (χ4v) is 3.11. The molecule has 1 N–H and O–H groups in total. The number of hydrogen-bond donors (Lipinski definition) is 1. The molecular weight excluding hydrogens is 308 g/mol. The van der Waals surface area contributed by atoms with Crippen molar-refractivity contribution in [2.75, 3.05) is 26.2 Å². The van der Waals surface area contributed by atoms with Crippen molar-refractivity contribution in [3.63, 3.8) is 0 Å². The number of unbranched alkanes of at least 4 members (excludes halogenated alkanes) is 2. The van der Waals surface area contributed by atoms with E-state index in [2.05, 4.69) is 17.1 Å². The second-order valence-corrected chi connectivity index (χ2v) is 6.03. The standard InChI is InChI=1S/C17H24F4N2/c1-2-3-4-5-16(23-10-8-22-9-11-23)13-6-7-14(15(18)12-13)17(19,20)21/h6-7,12,16,22H,2-5,8-11H2,1H3/t16-/m1/s1. The van der Waals surface area contributed by atoms with Crippen molar-refractivity contribution in [2.45, 2.75) is 44.8 Å². The van der Waals surface area contributed by atoms with E-state index in [0.29, 0.717) is 5.56 Å². The third kappa shape index (κ3) is 4.91. The third-order valence-corrected chi connectivity index (χ3v) is 4.36. The van der Waals surface area contributed by atoms with Gasteiger partial charge in [0.2, 0.25) is 0 Å². The maximum Gasteiger partial charge on any atom is 0.419 e. The first-order valence-corrected chi connectivity index (χ1v) is 8.25. The first kappa shape index (κ1) is 18.2. The molecule has 1 saturated heterocycles. The Bertz CT molecular complexity index is 496. The lowest BCUT2D eigenvalue weighted by Crippen LogP contribution is -2.45. The summed E-state index contributed by atoms with van der Waals surface area (Å²) in [6, 6.07) is 3.37. The van der Waals surface area contributed by atoms with E-state index in [1.54, 1.807) is 0 Å². The van der Waals surface area contributed by atoms with Gasteiger partial charge in [-0.05, 0) is 24.1 Å². The minimum atomic E-state index is -4.64. The van der Waals surface area contributed by atoms with Gasteiger partial charge in [0.15, 0.2) is 0 Å². The maximum atomic E-state index is 13.9. The molecule has 6 heteroatoms. The van der Waals surface area contributed by atoms with E-state index in [-0.39, 0.29) is 6.04 Å². The molecule has 0 spiro atoms. The Hall–Kier alpha value is -1.14. The van der Waals surface area contributed by atoms with Crippen molar-refractivity contribution in [1.29, 1.82) is 0 Å². The lowest BCUT2D eigenvalue weighted by molar-refractivity contribution is -0.140. The van der Waals surface area contributed by atoms with Gasteiger partial charge >= 0.3 is 6.18 Å². The Labute approximate surface area is 134 Å². The zero-order chi connectivity index (χ0) is 16.9. The zero-order valence-corrected chi connectivity index (χ0v) is 13.4. The van der Waals surface area contributed by atoms with E-state index in [1.807, 2.05) is 0 Å². The van der Waals surface area contributed by atoms with Gasteiger partial charge < -0.3 is 5.32 Å². The minimum Gasteiger partial charge on any atom is -0.314 e. The van der Waals surface area contributed by atoms with E-state index >= 15 is 0 Å². The number of nitrogens with one attached hydrogen (secondary N) is 1. The Balaban J connectivity index is 2.21. The SMILES string of the molecule is CCCCC[C@H](c1ccc(C(F)(F)F)c(F)c1)N1CCNCC1. The molecule has 1 heterocycles. The summed E-state index contributed by atoms with van der Waals surface area (Å²) in [5, 5.41) is 3.26. The van der Waals surface area contributed by atoms with Gasteiger partial charge in [-0.1, -0.05) is 32.3 Å². The molecule has 0 amide bonds. The fourth-order valence-electron chi connectivity index (χ4n) is 3.11. The smallest absolute Gasteiger partial charge is 0.314 e. The number of hydrogen-bond acceptors (Lipinski definition) is 2.